The van der Waals surface area contributed by atoms with Crippen molar-refractivity contribution in [1.82, 2.24) is 0 Å². The van der Waals surface area contributed by atoms with Gasteiger partial charge in [-0.05, 0) is 58.1 Å². The fourth-order valence-electron chi connectivity index (χ4n) is 2.25. The predicted octanol–water partition coefficient (Wildman–Crippen LogP) is 4.48. The van der Waals surface area contributed by atoms with Crippen LogP contribution in [0.1, 0.15) is 28.4 Å². The highest BCUT2D eigenvalue weighted by Gasteiger charge is 2.16. The smallest absolute Gasteiger partial charge is 0.137 e. The lowest BCUT2D eigenvalue weighted by Gasteiger charge is -2.16. The Morgan fingerprint density at radius 2 is 1.68 bits per heavy atom. The molecular weight excluding hydrogens is 307 g/mol. The summed E-state index contributed by atoms with van der Waals surface area (Å²) < 4.78 is 13.8. The zero-order chi connectivity index (χ0) is 14.0. The molecule has 1 unspecified atom stereocenters. The second-order valence-electron chi connectivity index (χ2n) is 4.73. The molecule has 0 saturated carbocycles. The van der Waals surface area contributed by atoms with Crippen LogP contribution in [0.4, 0.5) is 4.39 Å². The van der Waals surface area contributed by atoms with E-state index in [1.54, 1.807) is 12.1 Å². The summed E-state index contributed by atoms with van der Waals surface area (Å²) in [5, 5.41) is 10.3. The van der Waals surface area contributed by atoms with Gasteiger partial charge in [0.15, 0.2) is 0 Å². The van der Waals surface area contributed by atoms with Crippen molar-refractivity contribution < 1.29 is 9.50 Å². The Morgan fingerprint density at radius 3 is 2.32 bits per heavy atom. The van der Waals surface area contributed by atoms with E-state index in [0.29, 0.717) is 16.5 Å². The van der Waals surface area contributed by atoms with Crippen molar-refractivity contribution in [1.29, 1.82) is 0 Å². The molecule has 0 aliphatic heterocycles. The van der Waals surface area contributed by atoms with Crippen LogP contribution in [0.15, 0.2) is 40.9 Å². The van der Waals surface area contributed by atoms with Gasteiger partial charge in [-0.2, -0.15) is 0 Å². The highest BCUT2D eigenvalue weighted by Crippen LogP contribution is 2.29. The summed E-state index contributed by atoms with van der Waals surface area (Å²) in [5.41, 5.74) is 3.99. The van der Waals surface area contributed by atoms with Gasteiger partial charge in [0.25, 0.3) is 0 Å². The van der Waals surface area contributed by atoms with Gasteiger partial charge in [-0.1, -0.05) is 30.3 Å². The Labute approximate surface area is 121 Å². The lowest BCUT2D eigenvalue weighted by atomic mass is 9.94. The van der Waals surface area contributed by atoms with Crippen molar-refractivity contribution in [2.45, 2.75) is 26.4 Å². The quantitative estimate of drug-likeness (QED) is 0.883. The zero-order valence-corrected chi connectivity index (χ0v) is 12.5. The lowest BCUT2D eigenvalue weighted by molar-refractivity contribution is 0.176. The molecule has 100 valence electrons. The molecule has 1 nitrogen and oxygen atoms in total. The number of aryl methyl sites for hydroxylation is 2. The van der Waals surface area contributed by atoms with E-state index in [9.17, 15) is 9.50 Å². The maximum absolute atomic E-state index is 13.5. The Bertz CT molecular complexity index is 575. The Kier molecular flexibility index (Phi) is 4.38. The molecule has 2 aromatic rings. The van der Waals surface area contributed by atoms with Crippen LogP contribution in [-0.4, -0.2) is 5.11 Å². The van der Waals surface area contributed by atoms with Crippen LogP contribution in [0.5, 0.6) is 0 Å². The molecule has 2 aromatic carbocycles. The van der Waals surface area contributed by atoms with Gasteiger partial charge in [-0.25, -0.2) is 4.39 Å². The minimum Gasteiger partial charge on any atom is -0.388 e. The maximum Gasteiger partial charge on any atom is 0.137 e. The highest BCUT2D eigenvalue weighted by molar-refractivity contribution is 9.10. The number of halogens is 2. The van der Waals surface area contributed by atoms with Gasteiger partial charge < -0.3 is 5.11 Å². The van der Waals surface area contributed by atoms with E-state index in [1.165, 1.54) is 6.07 Å². The summed E-state index contributed by atoms with van der Waals surface area (Å²) in [6.45, 7) is 4.05. The molecule has 1 atom stereocenters. The fraction of sp³-hybridized carbons (Fsp3) is 0.250. The predicted molar refractivity (Wildman–Crippen MR) is 78.7 cm³/mol. The standard InChI is InChI=1S/C16H16BrFO/c1-10-5-3-6-11(2)13(10)9-15(19)12-7-4-8-14(18)16(12)17/h3-8,15,19H,9H2,1-2H3. The van der Waals surface area contributed by atoms with E-state index in [2.05, 4.69) is 15.9 Å². The van der Waals surface area contributed by atoms with Crippen molar-refractivity contribution in [2.75, 3.05) is 0 Å². The summed E-state index contributed by atoms with van der Waals surface area (Å²) >= 11 is 3.20. The topological polar surface area (TPSA) is 20.2 Å². The largest absolute Gasteiger partial charge is 0.388 e. The molecule has 0 spiro atoms. The van der Waals surface area contributed by atoms with E-state index < -0.39 is 6.10 Å². The molecule has 3 heteroatoms. The molecule has 0 bridgehead atoms. The molecule has 1 N–H and O–H groups in total. The molecule has 0 aliphatic carbocycles. The number of hydrogen-bond acceptors (Lipinski definition) is 1. The molecule has 0 aliphatic rings. The summed E-state index contributed by atoms with van der Waals surface area (Å²) in [6, 6.07) is 10.8. The minimum absolute atomic E-state index is 0.341. The van der Waals surface area contributed by atoms with Crippen LogP contribution in [0.2, 0.25) is 0 Å². The molecule has 0 saturated heterocycles. The second-order valence-corrected chi connectivity index (χ2v) is 5.53. The molecule has 0 heterocycles. The third-order valence-corrected chi connectivity index (χ3v) is 4.22. The Hall–Kier alpha value is -1.19. The average molecular weight is 323 g/mol. The van der Waals surface area contributed by atoms with E-state index in [0.717, 1.165) is 16.7 Å². The molecule has 0 aromatic heterocycles. The van der Waals surface area contributed by atoms with Gasteiger partial charge in [0, 0.05) is 6.42 Å². The van der Waals surface area contributed by atoms with E-state index in [4.69, 9.17) is 0 Å². The molecule has 0 fully saturated rings. The highest BCUT2D eigenvalue weighted by atomic mass is 79.9. The third kappa shape index (κ3) is 3.04. The second kappa shape index (κ2) is 5.85. The van der Waals surface area contributed by atoms with E-state index in [-0.39, 0.29) is 5.82 Å². The SMILES string of the molecule is Cc1cccc(C)c1CC(O)c1cccc(F)c1Br. The van der Waals surface area contributed by atoms with E-state index in [1.807, 2.05) is 32.0 Å². The average Bonchev–Trinajstić information content (AvgIpc) is 2.37. The summed E-state index contributed by atoms with van der Waals surface area (Å²) in [6.07, 6.45) is -0.231. The van der Waals surface area contributed by atoms with Gasteiger partial charge in [0.05, 0.1) is 10.6 Å². The fourth-order valence-corrected chi connectivity index (χ4v) is 2.78. The first-order chi connectivity index (χ1) is 9.00. The van der Waals surface area contributed by atoms with Crippen LogP contribution in [0.25, 0.3) is 0 Å². The van der Waals surface area contributed by atoms with Crippen molar-refractivity contribution >= 4 is 15.9 Å². The van der Waals surface area contributed by atoms with Gasteiger partial charge in [-0.15, -0.1) is 0 Å². The third-order valence-electron chi connectivity index (χ3n) is 3.38. The number of rotatable bonds is 3. The summed E-state index contributed by atoms with van der Waals surface area (Å²) in [7, 11) is 0. The molecule has 0 radical (unpaired) electrons. The molecular formula is C16H16BrFO. The Morgan fingerprint density at radius 1 is 1.11 bits per heavy atom. The van der Waals surface area contributed by atoms with Crippen molar-refractivity contribution in [3.63, 3.8) is 0 Å². The summed E-state index contributed by atoms with van der Waals surface area (Å²) in [4.78, 5) is 0. The van der Waals surface area contributed by atoms with Gasteiger partial charge in [-0.3, -0.25) is 0 Å². The van der Waals surface area contributed by atoms with Crippen LogP contribution in [0.3, 0.4) is 0 Å². The van der Waals surface area contributed by atoms with Crippen LogP contribution in [0, 0.1) is 19.7 Å². The van der Waals surface area contributed by atoms with Crippen LogP contribution < -0.4 is 0 Å². The maximum atomic E-state index is 13.5. The number of aliphatic hydroxyl groups excluding tert-OH is 1. The first kappa shape index (κ1) is 14.2. The van der Waals surface area contributed by atoms with Gasteiger partial charge in [0.2, 0.25) is 0 Å². The first-order valence-corrected chi connectivity index (χ1v) is 6.97. The number of aliphatic hydroxyl groups is 1. The monoisotopic (exact) mass is 322 g/mol. The van der Waals surface area contributed by atoms with Gasteiger partial charge >= 0.3 is 0 Å². The summed E-state index contributed by atoms with van der Waals surface area (Å²) in [5.74, 6) is -0.349. The number of hydrogen-bond donors (Lipinski definition) is 1. The van der Waals surface area contributed by atoms with Crippen LogP contribution in [-0.2, 0) is 6.42 Å². The van der Waals surface area contributed by atoms with Crippen molar-refractivity contribution in [2.24, 2.45) is 0 Å². The molecule has 0 amide bonds. The Balaban J connectivity index is 2.31. The molecule has 2 rings (SSSR count). The minimum atomic E-state index is -0.718. The number of benzene rings is 2. The zero-order valence-electron chi connectivity index (χ0n) is 11.0. The van der Waals surface area contributed by atoms with Gasteiger partial charge in [0.1, 0.15) is 5.82 Å². The van der Waals surface area contributed by atoms with Crippen LogP contribution >= 0.6 is 15.9 Å². The van der Waals surface area contributed by atoms with Crippen molar-refractivity contribution in [3.05, 3.63) is 68.9 Å². The molecule has 19 heavy (non-hydrogen) atoms. The normalized spacial score (nSPS) is 12.5. The van der Waals surface area contributed by atoms with E-state index >= 15 is 0 Å². The lowest BCUT2D eigenvalue weighted by Crippen LogP contribution is -2.06. The van der Waals surface area contributed by atoms with Crippen molar-refractivity contribution in [3.8, 4) is 0 Å². The first-order valence-electron chi connectivity index (χ1n) is 6.17.